The van der Waals surface area contributed by atoms with E-state index in [1.807, 2.05) is 31.2 Å². The van der Waals surface area contributed by atoms with E-state index in [-0.39, 0.29) is 24.6 Å². The number of carbonyl (C=O) groups is 2. The standard InChI is InChI=1S/C22H24N2O6/c1-2-29-20-8-4-3-6-16(20)9-12-22(26)30-15-21(25)23-13-5-7-17-14-18(24(27)28)10-11-19(17)23/h3-4,6,8,10-11,14H,2,5,7,9,12-13,15H2,1H3. The van der Waals surface area contributed by atoms with E-state index < -0.39 is 10.9 Å². The number of aryl methyl sites for hydroxylation is 2. The molecule has 0 radical (unpaired) electrons. The topological polar surface area (TPSA) is 99.0 Å². The molecule has 3 rings (SSSR count). The lowest BCUT2D eigenvalue weighted by atomic mass is 10.0. The molecule has 1 aliphatic heterocycles. The van der Waals surface area contributed by atoms with Crippen LogP contribution in [0.3, 0.4) is 0 Å². The number of nitro groups is 1. The predicted molar refractivity (Wildman–Crippen MR) is 111 cm³/mol. The van der Waals surface area contributed by atoms with Crippen molar-refractivity contribution in [1.82, 2.24) is 0 Å². The molecule has 0 unspecified atom stereocenters. The number of para-hydroxylation sites is 1. The van der Waals surface area contributed by atoms with Crippen molar-refractivity contribution < 1.29 is 24.0 Å². The second-order valence-corrected chi connectivity index (χ2v) is 6.92. The number of ether oxygens (including phenoxy) is 2. The fraction of sp³-hybridized carbons (Fsp3) is 0.364. The lowest BCUT2D eigenvalue weighted by Gasteiger charge is -2.29. The molecular weight excluding hydrogens is 388 g/mol. The van der Waals surface area contributed by atoms with Crippen molar-refractivity contribution in [2.45, 2.75) is 32.6 Å². The van der Waals surface area contributed by atoms with E-state index in [2.05, 4.69) is 0 Å². The molecule has 1 aliphatic rings. The van der Waals surface area contributed by atoms with Gasteiger partial charge in [0.05, 0.1) is 11.5 Å². The van der Waals surface area contributed by atoms with Crippen LogP contribution in [-0.4, -0.2) is 36.6 Å². The van der Waals surface area contributed by atoms with Gasteiger partial charge in [-0.3, -0.25) is 19.7 Å². The summed E-state index contributed by atoms with van der Waals surface area (Å²) >= 11 is 0. The fourth-order valence-electron chi connectivity index (χ4n) is 3.49. The van der Waals surface area contributed by atoms with Crippen LogP contribution < -0.4 is 9.64 Å². The smallest absolute Gasteiger partial charge is 0.306 e. The summed E-state index contributed by atoms with van der Waals surface area (Å²) in [6.07, 6.45) is 1.96. The van der Waals surface area contributed by atoms with Crippen LogP contribution in [0, 0.1) is 10.1 Å². The number of benzene rings is 2. The molecule has 0 fully saturated rings. The number of fused-ring (bicyclic) bond motifs is 1. The highest BCUT2D eigenvalue weighted by atomic mass is 16.6. The zero-order chi connectivity index (χ0) is 21.5. The molecule has 0 aromatic heterocycles. The van der Waals surface area contributed by atoms with Crippen LogP contribution in [-0.2, 0) is 27.2 Å². The third-order valence-electron chi connectivity index (χ3n) is 4.92. The van der Waals surface area contributed by atoms with E-state index in [0.29, 0.717) is 38.1 Å². The van der Waals surface area contributed by atoms with E-state index >= 15 is 0 Å². The highest BCUT2D eigenvalue weighted by Gasteiger charge is 2.25. The van der Waals surface area contributed by atoms with Gasteiger partial charge in [0.25, 0.3) is 11.6 Å². The summed E-state index contributed by atoms with van der Waals surface area (Å²) in [5.41, 5.74) is 2.30. The Morgan fingerprint density at radius 3 is 2.77 bits per heavy atom. The van der Waals surface area contributed by atoms with E-state index in [1.165, 1.54) is 17.0 Å². The molecule has 0 saturated heterocycles. The Balaban J connectivity index is 1.55. The van der Waals surface area contributed by atoms with Gasteiger partial charge >= 0.3 is 5.97 Å². The van der Waals surface area contributed by atoms with Crippen molar-refractivity contribution in [3.05, 3.63) is 63.7 Å². The second kappa shape index (κ2) is 9.87. The number of non-ortho nitro benzene ring substituents is 1. The Morgan fingerprint density at radius 2 is 2.00 bits per heavy atom. The Morgan fingerprint density at radius 1 is 1.20 bits per heavy atom. The molecule has 0 atom stereocenters. The molecule has 0 bridgehead atoms. The number of esters is 1. The number of amides is 1. The third kappa shape index (κ3) is 5.14. The molecule has 8 nitrogen and oxygen atoms in total. The fourth-order valence-corrected chi connectivity index (χ4v) is 3.49. The molecule has 2 aromatic rings. The predicted octanol–water partition coefficient (Wildman–Crippen LogP) is 3.45. The van der Waals surface area contributed by atoms with E-state index in [4.69, 9.17) is 9.47 Å². The number of nitrogens with zero attached hydrogens (tertiary/aromatic N) is 2. The minimum Gasteiger partial charge on any atom is -0.494 e. The molecule has 0 spiro atoms. The quantitative estimate of drug-likeness (QED) is 0.374. The number of carbonyl (C=O) groups excluding carboxylic acids is 2. The minimum atomic E-state index is -0.462. The lowest BCUT2D eigenvalue weighted by Crippen LogP contribution is -2.38. The minimum absolute atomic E-state index is 0.00168. The van der Waals surface area contributed by atoms with Gasteiger partial charge in [0.2, 0.25) is 0 Å². The van der Waals surface area contributed by atoms with Gasteiger partial charge in [-0.25, -0.2) is 0 Å². The van der Waals surface area contributed by atoms with Gasteiger partial charge in [-0.2, -0.15) is 0 Å². The lowest BCUT2D eigenvalue weighted by molar-refractivity contribution is -0.384. The maximum absolute atomic E-state index is 12.6. The van der Waals surface area contributed by atoms with Crippen LogP contribution in [0.2, 0.25) is 0 Å². The van der Waals surface area contributed by atoms with Crippen molar-refractivity contribution in [3.63, 3.8) is 0 Å². The van der Waals surface area contributed by atoms with E-state index in [0.717, 1.165) is 16.9 Å². The molecule has 2 aromatic carbocycles. The molecule has 1 amide bonds. The summed E-state index contributed by atoms with van der Waals surface area (Å²) in [6.45, 7) is 2.56. The summed E-state index contributed by atoms with van der Waals surface area (Å²) < 4.78 is 10.7. The average molecular weight is 412 g/mol. The molecule has 1 heterocycles. The van der Waals surface area contributed by atoms with Crippen LogP contribution >= 0.6 is 0 Å². The largest absolute Gasteiger partial charge is 0.494 e. The Bertz CT molecular complexity index is 943. The zero-order valence-corrected chi connectivity index (χ0v) is 16.8. The van der Waals surface area contributed by atoms with E-state index in [1.54, 1.807) is 6.07 Å². The van der Waals surface area contributed by atoms with Crippen LogP contribution in [0.1, 0.15) is 30.9 Å². The van der Waals surface area contributed by atoms with Gasteiger partial charge in [0, 0.05) is 30.8 Å². The van der Waals surface area contributed by atoms with E-state index in [9.17, 15) is 19.7 Å². The molecule has 158 valence electrons. The SMILES string of the molecule is CCOc1ccccc1CCC(=O)OCC(=O)N1CCCc2cc([N+](=O)[O-])ccc21. The first-order valence-corrected chi connectivity index (χ1v) is 9.93. The molecule has 0 aliphatic carbocycles. The third-order valence-corrected chi connectivity index (χ3v) is 4.92. The van der Waals surface area contributed by atoms with Gasteiger partial charge in [0.15, 0.2) is 6.61 Å². The molecule has 0 saturated carbocycles. The Hall–Kier alpha value is -3.42. The maximum atomic E-state index is 12.6. The van der Waals surface area contributed by atoms with Gasteiger partial charge in [-0.05, 0) is 49.4 Å². The van der Waals surface area contributed by atoms with Crippen LogP contribution in [0.25, 0.3) is 0 Å². The van der Waals surface area contributed by atoms with Gasteiger partial charge in [0.1, 0.15) is 5.75 Å². The summed E-state index contributed by atoms with van der Waals surface area (Å²) in [5.74, 6) is -0.0636. The van der Waals surface area contributed by atoms with Crippen LogP contribution in [0.4, 0.5) is 11.4 Å². The molecule has 30 heavy (non-hydrogen) atoms. The van der Waals surface area contributed by atoms with Crippen molar-refractivity contribution >= 4 is 23.3 Å². The number of hydrogen-bond acceptors (Lipinski definition) is 6. The first kappa shape index (κ1) is 21.3. The molecule has 8 heteroatoms. The first-order chi connectivity index (χ1) is 14.5. The van der Waals surface area contributed by atoms with Gasteiger partial charge < -0.3 is 14.4 Å². The summed E-state index contributed by atoms with van der Waals surface area (Å²) in [6, 6.07) is 12.0. The summed E-state index contributed by atoms with van der Waals surface area (Å²) in [5, 5.41) is 11.0. The average Bonchev–Trinajstić information content (AvgIpc) is 2.76. The highest BCUT2D eigenvalue weighted by Crippen LogP contribution is 2.30. The van der Waals surface area contributed by atoms with Gasteiger partial charge in [-0.15, -0.1) is 0 Å². The normalized spacial score (nSPS) is 12.8. The second-order valence-electron chi connectivity index (χ2n) is 6.92. The van der Waals surface area contributed by atoms with Crippen molar-refractivity contribution in [2.75, 3.05) is 24.7 Å². The number of nitro benzene ring substituents is 1. The molecular formula is C22H24N2O6. The van der Waals surface area contributed by atoms with Crippen LogP contribution in [0.15, 0.2) is 42.5 Å². The number of hydrogen-bond donors (Lipinski definition) is 0. The summed E-state index contributed by atoms with van der Waals surface area (Å²) in [4.78, 5) is 36.8. The number of rotatable bonds is 8. The highest BCUT2D eigenvalue weighted by molar-refractivity contribution is 5.96. The van der Waals surface area contributed by atoms with Crippen LogP contribution in [0.5, 0.6) is 5.75 Å². The molecule has 0 N–H and O–H groups in total. The van der Waals surface area contributed by atoms with Crippen molar-refractivity contribution in [1.29, 1.82) is 0 Å². The number of anilines is 1. The maximum Gasteiger partial charge on any atom is 0.306 e. The first-order valence-electron chi connectivity index (χ1n) is 9.93. The Labute approximate surface area is 174 Å². The summed E-state index contributed by atoms with van der Waals surface area (Å²) in [7, 11) is 0. The monoisotopic (exact) mass is 412 g/mol. The van der Waals surface area contributed by atoms with Crippen molar-refractivity contribution in [3.8, 4) is 5.75 Å². The Kier molecular flexibility index (Phi) is 7.00. The van der Waals surface area contributed by atoms with Crippen molar-refractivity contribution in [2.24, 2.45) is 0 Å². The zero-order valence-electron chi connectivity index (χ0n) is 16.8. The van der Waals surface area contributed by atoms with Gasteiger partial charge in [-0.1, -0.05) is 18.2 Å².